The first kappa shape index (κ1) is 24.2. The van der Waals surface area contributed by atoms with Gasteiger partial charge < -0.3 is 0 Å². The van der Waals surface area contributed by atoms with Crippen LogP contribution in [0.15, 0.2) is 107 Å². The van der Waals surface area contributed by atoms with Crippen LogP contribution in [0.1, 0.15) is 59.7 Å². The number of carbonyl (C=O) groups excluding carboxylic acids is 3. The highest BCUT2D eigenvalue weighted by atomic mass is 79.9. The van der Waals surface area contributed by atoms with Gasteiger partial charge in [-0.15, -0.1) is 0 Å². The fourth-order valence-electron chi connectivity index (χ4n) is 6.60. The second-order valence-corrected chi connectivity index (χ2v) is 11.4. The highest BCUT2D eigenvalue weighted by Crippen LogP contribution is 2.64. The van der Waals surface area contributed by atoms with Gasteiger partial charge in [-0.3, -0.25) is 19.4 Å². The molecule has 0 saturated carbocycles. The average molecular weight is 596 g/mol. The van der Waals surface area contributed by atoms with E-state index in [4.69, 9.17) is 16.7 Å². The quantitative estimate of drug-likeness (QED) is 0.191. The highest BCUT2D eigenvalue weighted by molar-refractivity contribution is 9.10. The zero-order valence-electron chi connectivity index (χ0n) is 20.4. The molecule has 190 valence electrons. The van der Waals surface area contributed by atoms with Crippen LogP contribution in [0.3, 0.4) is 0 Å². The maximum atomic E-state index is 14.7. The third kappa shape index (κ3) is 3.31. The number of benzene rings is 4. The minimum Gasteiger partial charge on any atom is -0.293 e. The standard InChI is InChI=1S/C32H20BrClN2O3/c33-21-13-9-18(10-14-21)26-27(28(37)19-11-15-22(34)16-12-19)36-29(23-6-2-1-5-20(23)17-35-36)32(26)30(38)24-7-3-4-8-25(24)31(32)39/h1-17,26-27,29H/t26-,27+,29+/m0/s1. The Kier molecular flexibility index (Phi) is 5.48. The van der Waals surface area contributed by atoms with E-state index in [1.54, 1.807) is 59.8 Å². The average Bonchev–Trinajstić information content (AvgIpc) is 3.40. The second-order valence-electron chi connectivity index (χ2n) is 10.1. The van der Waals surface area contributed by atoms with E-state index in [1.165, 1.54) is 0 Å². The van der Waals surface area contributed by atoms with Crippen LogP contribution in [0.5, 0.6) is 0 Å². The third-order valence-electron chi connectivity index (χ3n) is 8.20. The summed E-state index contributed by atoms with van der Waals surface area (Å²) >= 11 is 9.63. The molecule has 1 saturated heterocycles. The van der Waals surface area contributed by atoms with E-state index in [-0.39, 0.29) is 17.3 Å². The number of Topliss-reactive ketones (excluding diaryl/α,β-unsaturated/α-hetero) is 3. The summed E-state index contributed by atoms with van der Waals surface area (Å²) < 4.78 is 0.854. The minimum absolute atomic E-state index is 0.227. The summed E-state index contributed by atoms with van der Waals surface area (Å²) in [4.78, 5) is 43.7. The van der Waals surface area contributed by atoms with Crippen LogP contribution in [0, 0.1) is 5.41 Å². The monoisotopic (exact) mass is 594 g/mol. The predicted octanol–water partition coefficient (Wildman–Crippen LogP) is 6.91. The molecule has 1 aliphatic carbocycles. The number of nitrogens with zero attached hydrogens (tertiary/aromatic N) is 2. The number of hydrazone groups is 1. The van der Waals surface area contributed by atoms with E-state index in [0.29, 0.717) is 21.7 Å². The van der Waals surface area contributed by atoms with E-state index in [0.717, 1.165) is 21.2 Å². The number of fused-ring (bicyclic) bond motifs is 5. The molecule has 1 spiro atoms. The molecule has 7 heteroatoms. The van der Waals surface area contributed by atoms with Crippen LogP contribution in [0.25, 0.3) is 0 Å². The van der Waals surface area contributed by atoms with E-state index >= 15 is 0 Å². The predicted molar refractivity (Wildman–Crippen MR) is 153 cm³/mol. The van der Waals surface area contributed by atoms with Gasteiger partial charge in [0.25, 0.3) is 0 Å². The summed E-state index contributed by atoms with van der Waals surface area (Å²) in [7, 11) is 0. The zero-order valence-corrected chi connectivity index (χ0v) is 22.8. The topological polar surface area (TPSA) is 66.8 Å². The molecule has 0 aromatic heterocycles. The number of hydrogen-bond donors (Lipinski definition) is 0. The Morgan fingerprint density at radius 3 is 2.10 bits per heavy atom. The summed E-state index contributed by atoms with van der Waals surface area (Å²) in [6.07, 6.45) is 1.71. The first-order valence-electron chi connectivity index (χ1n) is 12.6. The maximum Gasteiger partial charge on any atom is 0.187 e. The number of carbonyl (C=O) groups is 3. The van der Waals surface area contributed by atoms with Gasteiger partial charge in [-0.1, -0.05) is 88.2 Å². The van der Waals surface area contributed by atoms with Crippen molar-refractivity contribution >= 4 is 51.1 Å². The molecule has 4 aromatic rings. The van der Waals surface area contributed by atoms with Gasteiger partial charge in [0.05, 0.1) is 12.3 Å². The van der Waals surface area contributed by atoms with Gasteiger partial charge in [0.2, 0.25) is 0 Å². The van der Waals surface area contributed by atoms with Crippen LogP contribution in [-0.2, 0) is 0 Å². The first-order valence-corrected chi connectivity index (χ1v) is 13.7. The van der Waals surface area contributed by atoms with Gasteiger partial charge in [-0.25, -0.2) is 0 Å². The van der Waals surface area contributed by atoms with Gasteiger partial charge in [-0.05, 0) is 53.1 Å². The molecule has 0 amide bonds. The third-order valence-corrected chi connectivity index (χ3v) is 8.98. The zero-order chi connectivity index (χ0) is 26.9. The molecular formula is C32H20BrClN2O3. The number of ketones is 3. The minimum atomic E-state index is -1.59. The largest absolute Gasteiger partial charge is 0.293 e. The van der Waals surface area contributed by atoms with Crippen molar-refractivity contribution < 1.29 is 14.4 Å². The number of rotatable bonds is 3. The lowest BCUT2D eigenvalue weighted by Crippen LogP contribution is -2.43. The van der Waals surface area contributed by atoms with E-state index in [1.807, 2.05) is 48.5 Å². The molecule has 0 N–H and O–H groups in total. The molecule has 39 heavy (non-hydrogen) atoms. The summed E-state index contributed by atoms with van der Waals surface area (Å²) in [5.74, 6) is -1.57. The Bertz CT molecular complexity index is 1680. The molecule has 1 fully saturated rings. The molecule has 5 nitrogen and oxygen atoms in total. The van der Waals surface area contributed by atoms with Gasteiger partial charge in [0, 0.05) is 32.1 Å². The van der Waals surface area contributed by atoms with E-state index < -0.39 is 23.4 Å². The fourth-order valence-corrected chi connectivity index (χ4v) is 6.99. The Morgan fingerprint density at radius 2 is 1.44 bits per heavy atom. The number of halogens is 2. The Hall–Kier alpha value is -3.87. The van der Waals surface area contributed by atoms with Gasteiger partial charge >= 0.3 is 0 Å². The van der Waals surface area contributed by atoms with Crippen LogP contribution < -0.4 is 0 Å². The SMILES string of the molecule is O=C(c1ccc(Cl)cc1)[C@H]1[C@H](c2ccc(Br)cc2)C2(C(=O)c3ccccc3C2=O)[C@H]2c3ccccc3C=NN12. The molecule has 2 heterocycles. The summed E-state index contributed by atoms with van der Waals surface area (Å²) in [5.41, 5.74) is 1.97. The molecule has 2 aliphatic heterocycles. The summed E-state index contributed by atoms with van der Waals surface area (Å²) in [6.45, 7) is 0. The van der Waals surface area contributed by atoms with E-state index in [9.17, 15) is 14.4 Å². The summed E-state index contributed by atoms with van der Waals surface area (Å²) in [5, 5.41) is 6.98. The van der Waals surface area contributed by atoms with Crippen molar-refractivity contribution in [2.24, 2.45) is 10.5 Å². The normalized spacial score (nSPS) is 22.1. The van der Waals surface area contributed by atoms with Gasteiger partial charge in [0.15, 0.2) is 17.3 Å². The van der Waals surface area contributed by atoms with Crippen molar-refractivity contribution in [1.82, 2.24) is 5.01 Å². The maximum absolute atomic E-state index is 14.7. The fraction of sp³-hybridized carbons (Fsp3) is 0.125. The highest BCUT2D eigenvalue weighted by Gasteiger charge is 2.72. The van der Waals surface area contributed by atoms with Crippen molar-refractivity contribution in [3.8, 4) is 0 Å². The van der Waals surface area contributed by atoms with Crippen molar-refractivity contribution in [3.05, 3.63) is 140 Å². The van der Waals surface area contributed by atoms with Crippen molar-refractivity contribution in [2.75, 3.05) is 0 Å². The Morgan fingerprint density at radius 1 is 0.821 bits per heavy atom. The van der Waals surface area contributed by atoms with Crippen molar-refractivity contribution in [2.45, 2.75) is 18.0 Å². The lowest BCUT2D eigenvalue weighted by molar-refractivity contribution is 0.0586. The molecule has 0 unspecified atom stereocenters. The Labute approximate surface area is 238 Å². The van der Waals surface area contributed by atoms with Crippen molar-refractivity contribution in [1.29, 1.82) is 0 Å². The molecule has 0 radical (unpaired) electrons. The second kappa shape index (κ2) is 8.83. The smallest absolute Gasteiger partial charge is 0.187 e. The lowest BCUT2D eigenvalue weighted by Gasteiger charge is -2.36. The van der Waals surface area contributed by atoms with Crippen LogP contribution in [0.4, 0.5) is 0 Å². The number of hydrogen-bond acceptors (Lipinski definition) is 5. The van der Waals surface area contributed by atoms with Gasteiger partial charge in [0.1, 0.15) is 11.5 Å². The molecule has 3 atom stereocenters. The molecule has 4 aromatic carbocycles. The van der Waals surface area contributed by atoms with Crippen LogP contribution in [-0.4, -0.2) is 34.6 Å². The summed E-state index contributed by atoms with van der Waals surface area (Å²) in [6, 6.07) is 27.1. The molecular weight excluding hydrogens is 576 g/mol. The first-order chi connectivity index (χ1) is 18.9. The van der Waals surface area contributed by atoms with Gasteiger partial charge in [-0.2, -0.15) is 5.10 Å². The van der Waals surface area contributed by atoms with E-state index in [2.05, 4.69) is 15.9 Å². The van der Waals surface area contributed by atoms with Crippen LogP contribution in [0.2, 0.25) is 5.02 Å². The van der Waals surface area contributed by atoms with Crippen molar-refractivity contribution in [3.63, 3.8) is 0 Å². The Balaban J connectivity index is 1.55. The molecule has 3 aliphatic rings. The molecule has 0 bridgehead atoms. The van der Waals surface area contributed by atoms with Crippen LogP contribution >= 0.6 is 27.5 Å². The lowest BCUT2D eigenvalue weighted by atomic mass is 9.63. The molecule has 7 rings (SSSR count).